The van der Waals surface area contributed by atoms with Crippen LogP contribution < -0.4 is 5.32 Å². The number of piperazine rings is 1. The second-order valence-corrected chi connectivity index (χ2v) is 5.84. The Hall–Kier alpha value is -0.120. The van der Waals surface area contributed by atoms with Crippen molar-refractivity contribution in [1.82, 2.24) is 15.1 Å². The lowest BCUT2D eigenvalue weighted by Crippen LogP contribution is -2.44. The molecule has 0 spiro atoms. The average molecular weight is 241 g/mol. The van der Waals surface area contributed by atoms with E-state index in [1.807, 2.05) is 0 Å². The summed E-state index contributed by atoms with van der Waals surface area (Å²) in [7, 11) is 2.22. The van der Waals surface area contributed by atoms with Gasteiger partial charge in [-0.25, -0.2) is 0 Å². The molecule has 0 bridgehead atoms. The molecule has 1 aliphatic rings. The molecule has 1 N–H and O–H groups in total. The summed E-state index contributed by atoms with van der Waals surface area (Å²) >= 11 is 0. The largest absolute Gasteiger partial charge is 0.314 e. The molecule has 0 amide bonds. The van der Waals surface area contributed by atoms with Crippen LogP contribution in [0.2, 0.25) is 0 Å². The van der Waals surface area contributed by atoms with Crippen molar-refractivity contribution in [2.75, 3.05) is 46.3 Å². The monoisotopic (exact) mass is 241 g/mol. The Labute approximate surface area is 108 Å². The smallest absolute Gasteiger partial charge is 0.0110 e. The van der Waals surface area contributed by atoms with Crippen LogP contribution in [0, 0.1) is 5.92 Å². The quantitative estimate of drug-likeness (QED) is 0.684. The third-order valence-electron chi connectivity index (χ3n) is 3.96. The summed E-state index contributed by atoms with van der Waals surface area (Å²) in [4.78, 5) is 5.02. The van der Waals surface area contributed by atoms with Gasteiger partial charge in [-0.3, -0.25) is 0 Å². The number of nitrogens with zero attached hydrogens (tertiary/aromatic N) is 2. The van der Waals surface area contributed by atoms with Crippen LogP contribution in [0.25, 0.3) is 0 Å². The molecule has 102 valence electrons. The van der Waals surface area contributed by atoms with Crippen LogP contribution >= 0.6 is 0 Å². The molecule has 1 saturated heterocycles. The first-order chi connectivity index (χ1) is 8.09. The summed E-state index contributed by atoms with van der Waals surface area (Å²) in [6, 6.07) is 0.652. The van der Waals surface area contributed by atoms with E-state index in [4.69, 9.17) is 0 Å². The number of hydrogen-bond acceptors (Lipinski definition) is 3. The molecule has 0 saturated carbocycles. The van der Waals surface area contributed by atoms with Gasteiger partial charge in [-0.05, 0) is 45.8 Å². The van der Waals surface area contributed by atoms with Gasteiger partial charge < -0.3 is 15.1 Å². The fourth-order valence-corrected chi connectivity index (χ4v) is 2.10. The molecule has 1 aliphatic heterocycles. The van der Waals surface area contributed by atoms with Gasteiger partial charge in [0.15, 0.2) is 0 Å². The zero-order valence-corrected chi connectivity index (χ0v) is 12.2. The average Bonchev–Trinajstić information content (AvgIpc) is 2.30. The van der Waals surface area contributed by atoms with E-state index in [-0.39, 0.29) is 0 Å². The second kappa shape index (κ2) is 8.06. The summed E-state index contributed by atoms with van der Waals surface area (Å²) in [5.74, 6) is 0.743. The topological polar surface area (TPSA) is 18.5 Å². The van der Waals surface area contributed by atoms with Gasteiger partial charge in [0.25, 0.3) is 0 Å². The van der Waals surface area contributed by atoms with Crippen LogP contribution in [0.3, 0.4) is 0 Å². The Morgan fingerprint density at radius 1 is 1.00 bits per heavy atom. The molecule has 1 fully saturated rings. The van der Waals surface area contributed by atoms with Gasteiger partial charge in [-0.2, -0.15) is 0 Å². The van der Waals surface area contributed by atoms with Crippen molar-refractivity contribution in [3.05, 3.63) is 0 Å². The normalized spacial score (nSPS) is 21.0. The molecule has 0 aromatic carbocycles. The lowest BCUT2D eigenvalue weighted by atomic mass is 10.1. The molecule has 3 heteroatoms. The zero-order valence-electron chi connectivity index (χ0n) is 12.2. The van der Waals surface area contributed by atoms with Crippen LogP contribution in [0.5, 0.6) is 0 Å². The van der Waals surface area contributed by atoms with E-state index in [0.717, 1.165) is 5.92 Å². The Morgan fingerprint density at radius 3 is 2.24 bits per heavy atom. The molecule has 0 radical (unpaired) electrons. The van der Waals surface area contributed by atoms with Gasteiger partial charge in [0, 0.05) is 32.2 Å². The molecule has 3 nitrogen and oxygen atoms in total. The lowest BCUT2D eigenvalue weighted by molar-refractivity contribution is 0.152. The minimum Gasteiger partial charge on any atom is -0.314 e. The van der Waals surface area contributed by atoms with Crippen molar-refractivity contribution in [3.63, 3.8) is 0 Å². The van der Waals surface area contributed by atoms with Crippen LogP contribution in [-0.4, -0.2) is 62.2 Å². The standard InChI is InChI=1S/C14H31N3/c1-13(2)14(3)15-7-5-6-8-17-11-9-16(4)10-12-17/h13-15H,5-12H2,1-4H3/t14-/m1/s1. The SMILES string of the molecule is CC(C)[C@@H](C)NCCCCN1CCN(C)CC1. The summed E-state index contributed by atoms with van der Waals surface area (Å²) in [6.45, 7) is 14.3. The molecular formula is C14H31N3. The van der Waals surface area contributed by atoms with Crippen molar-refractivity contribution in [3.8, 4) is 0 Å². The highest BCUT2D eigenvalue weighted by Gasteiger charge is 2.12. The number of unbranched alkanes of at least 4 members (excludes halogenated alkanes) is 1. The summed E-state index contributed by atoms with van der Waals surface area (Å²) in [5.41, 5.74) is 0. The Kier molecular flexibility index (Phi) is 7.09. The zero-order chi connectivity index (χ0) is 12.7. The molecule has 17 heavy (non-hydrogen) atoms. The maximum absolute atomic E-state index is 3.60. The Balaban J connectivity index is 1.94. The Bertz CT molecular complexity index is 186. The van der Waals surface area contributed by atoms with Crippen LogP contribution in [0.15, 0.2) is 0 Å². The predicted octanol–water partition coefficient (Wildman–Crippen LogP) is 1.65. The maximum atomic E-state index is 3.60. The summed E-state index contributed by atoms with van der Waals surface area (Å²) in [5, 5.41) is 3.60. The van der Waals surface area contributed by atoms with Crippen molar-refractivity contribution in [1.29, 1.82) is 0 Å². The molecule has 0 unspecified atom stereocenters. The molecule has 0 aromatic rings. The number of hydrogen-bond donors (Lipinski definition) is 1. The van der Waals surface area contributed by atoms with Gasteiger partial charge in [-0.15, -0.1) is 0 Å². The highest BCUT2D eigenvalue weighted by Crippen LogP contribution is 2.03. The minimum absolute atomic E-state index is 0.652. The van der Waals surface area contributed by atoms with E-state index in [1.165, 1.54) is 52.1 Å². The van der Waals surface area contributed by atoms with Crippen molar-refractivity contribution in [2.45, 2.75) is 39.7 Å². The molecule has 0 aromatic heterocycles. The molecule has 1 rings (SSSR count). The first-order valence-electron chi connectivity index (χ1n) is 7.24. The lowest BCUT2D eigenvalue weighted by Gasteiger charge is -2.32. The van der Waals surface area contributed by atoms with Crippen LogP contribution in [0.1, 0.15) is 33.6 Å². The molecule has 0 aliphatic carbocycles. The third-order valence-corrected chi connectivity index (χ3v) is 3.96. The predicted molar refractivity (Wildman–Crippen MR) is 75.5 cm³/mol. The minimum atomic E-state index is 0.652. The van der Waals surface area contributed by atoms with Crippen LogP contribution in [-0.2, 0) is 0 Å². The van der Waals surface area contributed by atoms with Gasteiger partial charge in [0.2, 0.25) is 0 Å². The van der Waals surface area contributed by atoms with E-state index < -0.39 is 0 Å². The van der Waals surface area contributed by atoms with E-state index in [9.17, 15) is 0 Å². The highest BCUT2D eigenvalue weighted by molar-refractivity contribution is 4.69. The maximum Gasteiger partial charge on any atom is 0.0110 e. The van der Waals surface area contributed by atoms with Gasteiger partial charge in [-0.1, -0.05) is 13.8 Å². The number of likely N-dealkylation sites (N-methyl/N-ethyl adjacent to an activating group) is 1. The van der Waals surface area contributed by atoms with E-state index >= 15 is 0 Å². The molecule has 1 heterocycles. The van der Waals surface area contributed by atoms with E-state index in [1.54, 1.807) is 0 Å². The first-order valence-corrected chi connectivity index (χ1v) is 7.24. The second-order valence-electron chi connectivity index (χ2n) is 5.84. The molecular weight excluding hydrogens is 210 g/mol. The van der Waals surface area contributed by atoms with Crippen molar-refractivity contribution >= 4 is 0 Å². The van der Waals surface area contributed by atoms with Gasteiger partial charge in [0.05, 0.1) is 0 Å². The first kappa shape index (κ1) is 14.9. The number of nitrogens with one attached hydrogen (secondary N) is 1. The van der Waals surface area contributed by atoms with E-state index in [0.29, 0.717) is 6.04 Å². The summed E-state index contributed by atoms with van der Waals surface area (Å²) < 4.78 is 0. The third kappa shape index (κ3) is 6.39. The van der Waals surface area contributed by atoms with E-state index in [2.05, 4.69) is 42.9 Å². The Morgan fingerprint density at radius 2 is 1.65 bits per heavy atom. The number of rotatable bonds is 7. The molecule has 1 atom stereocenters. The van der Waals surface area contributed by atoms with Crippen molar-refractivity contribution in [2.24, 2.45) is 5.92 Å². The fourth-order valence-electron chi connectivity index (χ4n) is 2.10. The highest BCUT2D eigenvalue weighted by atomic mass is 15.2. The van der Waals surface area contributed by atoms with Crippen LogP contribution in [0.4, 0.5) is 0 Å². The van der Waals surface area contributed by atoms with Gasteiger partial charge >= 0.3 is 0 Å². The summed E-state index contributed by atoms with van der Waals surface area (Å²) in [6.07, 6.45) is 2.64. The fraction of sp³-hybridized carbons (Fsp3) is 1.00. The van der Waals surface area contributed by atoms with Gasteiger partial charge in [0.1, 0.15) is 0 Å². The van der Waals surface area contributed by atoms with Crippen molar-refractivity contribution < 1.29 is 0 Å².